The summed E-state index contributed by atoms with van der Waals surface area (Å²) in [7, 11) is 1.32. The van der Waals surface area contributed by atoms with E-state index in [1.165, 1.54) is 7.11 Å². The summed E-state index contributed by atoms with van der Waals surface area (Å²) >= 11 is 0. The summed E-state index contributed by atoms with van der Waals surface area (Å²) in [6.07, 6.45) is 5.35. The summed E-state index contributed by atoms with van der Waals surface area (Å²) in [5.41, 5.74) is 3.62. The SMILES string of the molecule is COC(=O)c1ccc2c(=O)oc(C3=C=CC=C3)cc2c1. The molecule has 0 unspecified atom stereocenters. The molecule has 0 saturated heterocycles. The molecule has 1 heterocycles. The van der Waals surface area contributed by atoms with Crippen LogP contribution in [-0.4, -0.2) is 13.1 Å². The highest BCUT2D eigenvalue weighted by molar-refractivity contribution is 5.95. The molecule has 0 atom stereocenters. The van der Waals surface area contributed by atoms with Crippen molar-refractivity contribution in [1.82, 2.24) is 0 Å². The van der Waals surface area contributed by atoms with Gasteiger partial charge in [0.25, 0.3) is 0 Å². The Balaban J connectivity index is 2.23. The van der Waals surface area contributed by atoms with E-state index in [0.29, 0.717) is 27.7 Å². The smallest absolute Gasteiger partial charge is 0.344 e. The molecule has 0 N–H and O–H groups in total. The molecule has 98 valence electrons. The zero-order valence-electron chi connectivity index (χ0n) is 10.7. The van der Waals surface area contributed by atoms with E-state index in [2.05, 4.69) is 10.5 Å². The summed E-state index contributed by atoms with van der Waals surface area (Å²) in [6, 6.07) is 6.44. The Morgan fingerprint density at radius 2 is 2.15 bits per heavy atom. The summed E-state index contributed by atoms with van der Waals surface area (Å²) in [4.78, 5) is 23.5. The average Bonchev–Trinajstić information content (AvgIpc) is 3.00. The van der Waals surface area contributed by atoms with Crippen LogP contribution in [-0.2, 0) is 4.74 Å². The van der Waals surface area contributed by atoms with E-state index in [4.69, 9.17) is 4.42 Å². The summed E-state index contributed by atoms with van der Waals surface area (Å²) in [5, 5.41) is 1.06. The number of methoxy groups -OCH3 is 1. The number of rotatable bonds is 2. The molecule has 0 bridgehead atoms. The van der Waals surface area contributed by atoms with Gasteiger partial charge in [-0.1, -0.05) is 6.08 Å². The van der Waals surface area contributed by atoms with Crippen LogP contribution in [0.15, 0.2) is 57.4 Å². The lowest BCUT2D eigenvalue weighted by molar-refractivity contribution is 0.0601. The topological polar surface area (TPSA) is 56.5 Å². The van der Waals surface area contributed by atoms with Crippen LogP contribution in [0.1, 0.15) is 16.1 Å². The molecular weight excluding hydrogens is 256 g/mol. The van der Waals surface area contributed by atoms with Crippen molar-refractivity contribution >= 4 is 22.3 Å². The number of benzene rings is 1. The highest BCUT2D eigenvalue weighted by Gasteiger charge is 2.11. The Hall–Kier alpha value is -2.84. The van der Waals surface area contributed by atoms with Crippen molar-refractivity contribution in [3.05, 3.63) is 70.0 Å². The standard InChI is InChI=1S/C16H10O4/c1-19-15(17)11-6-7-13-12(8-11)9-14(20-16(13)18)10-4-2-3-5-10/h2-4,6-9H,1H3. The fraction of sp³-hybridized carbons (Fsp3) is 0.0625. The van der Waals surface area contributed by atoms with Crippen LogP contribution in [0.2, 0.25) is 0 Å². The molecule has 1 aromatic carbocycles. The molecule has 4 heteroatoms. The lowest BCUT2D eigenvalue weighted by Gasteiger charge is -2.03. The molecule has 0 saturated carbocycles. The minimum Gasteiger partial charge on any atom is -0.465 e. The monoisotopic (exact) mass is 266 g/mol. The van der Waals surface area contributed by atoms with Crippen LogP contribution in [0.4, 0.5) is 0 Å². The van der Waals surface area contributed by atoms with Crippen molar-refractivity contribution < 1.29 is 13.9 Å². The second-order valence-electron chi connectivity index (χ2n) is 4.28. The van der Waals surface area contributed by atoms with Gasteiger partial charge in [-0.15, -0.1) is 5.73 Å². The van der Waals surface area contributed by atoms with Crippen molar-refractivity contribution in [3.63, 3.8) is 0 Å². The Morgan fingerprint density at radius 1 is 1.30 bits per heavy atom. The van der Waals surface area contributed by atoms with Crippen molar-refractivity contribution in [2.75, 3.05) is 7.11 Å². The van der Waals surface area contributed by atoms with Gasteiger partial charge in [0.2, 0.25) is 0 Å². The van der Waals surface area contributed by atoms with Crippen molar-refractivity contribution in [3.8, 4) is 0 Å². The largest absolute Gasteiger partial charge is 0.465 e. The van der Waals surface area contributed by atoms with Gasteiger partial charge in [0.1, 0.15) is 5.76 Å². The average molecular weight is 266 g/mol. The minimum atomic E-state index is -0.443. The van der Waals surface area contributed by atoms with Gasteiger partial charge in [-0.25, -0.2) is 9.59 Å². The van der Waals surface area contributed by atoms with Crippen LogP contribution in [0.25, 0.3) is 16.3 Å². The minimum absolute atomic E-state index is 0.392. The third kappa shape index (κ3) is 1.98. The van der Waals surface area contributed by atoms with Crippen LogP contribution in [0.3, 0.4) is 0 Å². The van der Waals surface area contributed by atoms with Gasteiger partial charge in [0.15, 0.2) is 0 Å². The van der Waals surface area contributed by atoms with E-state index in [9.17, 15) is 9.59 Å². The van der Waals surface area contributed by atoms with Gasteiger partial charge in [0.05, 0.1) is 23.6 Å². The fourth-order valence-electron chi connectivity index (χ4n) is 2.05. The zero-order chi connectivity index (χ0) is 14.1. The number of carbonyl (C=O) groups excluding carboxylic acids is 1. The Morgan fingerprint density at radius 3 is 2.85 bits per heavy atom. The predicted octanol–water partition coefficient (Wildman–Crippen LogP) is 2.69. The molecular formula is C16H10O4. The van der Waals surface area contributed by atoms with E-state index in [0.717, 1.165) is 0 Å². The number of hydrogen-bond donors (Lipinski definition) is 0. The first kappa shape index (κ1) is 12.2. The van der Waals surface area contributed by atoms with E-state index in [1.54, 1.807) is 36.4 Å². The van der Waals surface area contributed by atoms with Crippen LogP contribution in [0, 0.1) is 0 Å². The molecule has 0 radical (unpaired) electrons. The van der Waals surface area contributed by atoms with Gasteiger partial charge >= 0.3 is 11.6 Å². The van der Waals surface area contributed by atoms with Gasteiger partial charge < -0.3 is 9.15 Å². The lowest BCUT2D eigenvalue weighted by atomic mass is 10.1. The maximum absolute atomic E-state index is 11.9. The maximum Gasteiger partial charge on any atom is 0.344 e. The zero-order valence-corrected chi connectivity index (χ0v) is 10.7. The summed E-state index contributed by atoms with van der Waals surface area (Å²) in [6.45, 7) is 0. The summed E-state index contributed by atoms with van der Waals surface area (Å²) in [5.74, 6) is -0.0175. The van der Waals surface area contributed by atoms with E-state index >= 15 is 0 Å². The first-order chi connectivity index (χ1) is 9.69. The molecule has 4 nitrogen and oxygen atoms in total. The van der Waals surface area contributed by atoms with Gasteiger partial charge in [-0.2, -0.15) is 0 Å². The van der Waals surface area contributed by atoms with Crippen molar-refractivity contribution in [1.29, 1.82) is 0 Å². The number of hydrogen-bond acceptors (Lipinski definition) is 4. The first-order valence-electron chi connectivity index (χ1n) is 5.99. The number of esters is 1. The van der Waals surface area contributed by atoms with E-state index < -0.39 is 11.6 Å². The number of ether oxygens (including phenoxy) is 1. The van der Waals surface area contributed by atoms with Crippen LogP contribution >= 0.6 is 0 Å². The maximum atomic E-state index is 11.9. The van der Waals surface area contributed by atoms with Crippen molar-refractivity contribution in [2.24, 2.45) is 0 Å². The van der Waals surface area contributed by atoms with Crippen LogP contribution in [0.5, 0.6) is 0 Å². The van der Waals surface area contributed by atoms with E-state index in [1.807, 2.05) is 6.08 Å². The molecule has 2 aromatic rings. The number of allylic oxidation sites excluding steroid dienone is 3. The van der Waals surface area contributed by atoms with Gasteiger partial charge in [0, 0.05) is 0 Å². The third-order valence-corrected chi connectivity index (χ3v) is 3.05. The molecule has 0 spiro atoms. The number of carbonyl (C=O) groups is 1. The highest BCUT2D eigenvalue weighted by atomic mass is 16.5. The molecule has 0 aliphatic heterocycles. The second kappa shape index (κ2) is 4.68. The Labute approximate surface area is 114 Å². The molecule has 3 rings (SSSR count). The number of fused-ring (bicyclic) bond motifs is 1. The van der Waals surface area contributed by atoms with Crippen molar-refractivity contribution in [2.45, 2.75) is 0 Å². The van der Waals surface area contributed by atoms with Gasteiger partial charge in [-0.05, 0) is 41.8 Å². The quantitative estimate of drug-likeness (QED) is 0.619. The third-order valence-electron chi connectivity index (χ3n) is 3.05. The first-order valence-corrected chi connectivity index (χ1v) is 5.99. The molecule has 1 aliphatic carbocycles. The molecule has 0 fully saturated rings. The Kier molecular flexibility index (Phi) is 2.86. The van der Waals surface area contributed by atoms with Gasteiger partial charge in [-0.3, -0.25) is 0 Å². The van der Waals surface area contributed by atoms with Crippen LogP contribution < -0.4 is 5.63 Å². The fourth-order valence-corrected chi connectivity index (χ4v) is 2.05. The van der Waals surface area contributed by atoms with E-state index in [-0.39, 0.29) is 0 Å². The second-order valence-corrected chi connectivity index (χ2v) is 4.28. The highest BCUT2D eigenvalue weighted by Crippen LogP contribution is 2.21. The summed E-state index contributed by atoms with van der Waals surface area (Å²) < 4.78 is 9.93. The lowest BCUT2D eigenvalue weighted by Crippen LogP contribution is -2.05. The molecule has 20 heavy (non-hydrogen) atoms. The predicted molar refractivity (Wildman–Crippen MR) is 74.5 cm³/mol. The molecule has 0 amide bonds. The molecule has 1 aliphatic rings. The Bertz CT molecular complexity index is 862. The normalized spacial score (nSPS) is 12.8. The molecule has 1 aromatic heterocycles.